The molecule has 0 aliphatic carbocycles. The van der Waals surface area contributed by atoms with Crippen molar-refractivity contribution in [2.75, 3.05) is 31.3 Å². The van der Waals surface area contributed by atoms with Gasteiger partial charge in [0.15, 0.2) is 0 Å². The SMILES string of the molecule is CCP(Cl)(CC)(CC)CCCCCCO. The molecule has 0 aromatic rings. The average molecular weight is 255 g/mol. The van der Waals surface area contributed by atoms with Gasteiger partial charge in [0.05, 0.1) is 0 Å². The second-order valence-electron chi connectivity index (χ2n) is 4.63. The van der Waals surface area contributed by atoms with Gasteiger partial charge in [0.2, 0.25) is 0 Å². The van der Waals surface area contributed by atoms with Crippen molar-refractivity contribution in [1.82, 2.24) is 0 Å². The van der Waals surface area contributed by atoms with Crippen LogP contribution in [0.15, 0.2) is 0 Å². The van der Waals surface area contributed by atoms with E-state index in [4.69, 9.17) is 16.3 Å². The molecule has 0 aliphatic rings. The number of aliphatic hydroxyl groups is 1. The fraction of sp³-hybridized carbons (Fsp3) is 1.00. The summed E-state index contributed by atoms with van der Waals surface area (Å²) in [5.41, 5.74) is 0. The van der Waals surface area contributed by atoms with E-state index < -0.39 is 5.96 Å². The molecule has 0 radical (unpaired) electrons. The summed E-state index contributed by atoms with van der Waals surface area (Å²) in [5, 5.41) is 8.70. The first-order chi connectivity index (χ1) is 7.04. The summed E-state index contributed by atoms with van der Waals surface area (Å²) in [6, 6.07) is 0. The third-order valence-corrected chi connectivity index (χ3v) is 12.8. The van der Waals surface area contributed by atoms with Crippen LogP contribution in [0.1, 0.15) is 46.5 Å². The Balaban J connectivity index is 3.98. The van der Waals surface area contributed by atoms with Gasteiger partial charge in [-0.25, -0.2) is 0 Å². The van der Waals surface area contributed by atoms with E-state index >= 15 is 0 Å². The molecule has 0 atom stereocenters. The van der Waals surface area contributed by atoms with Crippen molar-refractivity contribution in [3.63, 3.8) is 0 Å². The normalized spacial score (nSPS) is 14.9. The number of hydrogen-bond acceptors (Lipinski definition) is 1. The standard InChI is InChI=1S/C12H28ClOP/c1-4-15(13,5-2,6-3)12-10-8-7-9-11-14/h14H,4-12H2,1-3H3. The van der Waals surface area contributed by atoms with Crippen molar-refractivity contribution in [1.29, 1.82) is 0 Å². The Labute approximate surface area is 100 Å². The number of halogens is 1. The summed E-state index contributed by atoms with van der Waals surface area (Å²) in [6.45, 7) is 7.10. The summed E-state index contributed by atoms with van der Waals surface area (Å²) in [4.78, 5) is 0. The van der Waals surface area contributed by atoms with Crippen molar-refractivity contribution in [3.05, 3.63) is 0 Å². The van der Waals surface area contributed by atoms with Crippen LogP contribution >= 0.6 is 17.2 Å². The van der Waals surface area contributed by atoms with Crippen LogP contribution in [0.25, 0.3) is 0 Å². The van der Waals surface area contributed by atoms with Gasteiger partial charge in [-0.3, -0.25) is 0 Å². The maximum absolute atomic E-state index is 8.70. The molecule has 0 spiro atoms. The summed E-state index contributed by atoms with van der Waals surface area (Å²) in [6.07, 6.45) is 9.35. The number of aliphatic hydroxyl groups excluding tert-OH is 1. The van der Waals surface area contributed by atoms with E-state index in [-0.39, 0.29) is 0 Å². The van der Waals surface area contributed by atoms with Crippen LogP contribution in [-0.4, -0.2) is 36.4 Å². The van der Waals surface area contributed by atoms with Crippen LogP contribution in [0.3, 0.4) is 0 Å². The molecule has 1 N–H and O–H groups in total. The zero-order valence-electron chi connectivity index (χ0n) is 10.6. The van der Waals surface area contributed by atoms with E-state index in [9.17, 15) is 0 Å². The molecule has 0 saturated heterocycles. The molecular weight excluding hydrogens is 227 g/mol. The van der Waals surface area contributed by atoms with Crippen LogP contribution in [0.4, 0.5) is 0 Å². The van der Waals surface area contributed by atoms with Gasteiger partial charge in [0, 0.05) is 0 Å². The van der Waals surface area contributed by atoms with Crippen molar-refractivity contribution in [2.24, 2.45) is 0 Å². The van der Waals surface area contributed by atoms with Gasteiger partial charge in [0.25, 0.3) is 0 Å². The maximum atomic E-state index is 8.70. The molecule has 0 aliphatic heterocycles. The van der Waals surface area contributed by atoms with Crippen molar-refractivity contribution >= 4 is 17.2 Å². The topological polar surface area (TPSA) is 20.2 Å². The van der Waals surface area contributed by atoms with E-state index in [0.717, 1.165) is 12.8 Å². The van der Waals surface area contributed by atoms with Crippen LogP contribution in [0, 0.1) is 0 Å². The van der Waals surface area contributed by atoms with Gasteiger partial charge in [-0.1, -0.05) is 0 Å². The third-order valence-electron chi connectivity index (χ3n) is 4.00. The van der Waals surface area contributed by atoms with Gasteiger partial charge in [-0.2, -0.15) is 0 Å². The molecule has 1 nitrogen and oxygen atoms in total. The van der Waals surface area contributed by atoms with Gasteiger partial charge >= 0.3 is 100 Å². The van der Waals surface area contributed by atoms with E-state index in [0.29, 0.717) is 6.61 Å². The number of hydrogen-bond donors (Lipinski definition) is 1. The minimum absolute atomic E-state index is 0.333. The quantitative estimate of drug-likeness (QED) is 0.480. The zero-order chi connectivity index (χ0) is 11.8. The van der Waals surface area contributed by atoms with Crippen molar-refractivity contribution < 1.29 is 5.11 Å². The van der Waals surface area contributed by atoms with Crippen molar-refractivity contribution in [2.45, 2.75) is 46.5 Å². The van der Waals surface area contributed by atoms with Gasteiger partial charge < -0.3 is 0 Å². The third kappa shape index (κ3) is 5.02. The summed E-state index contributed by atoms with van der Waals surface area (Å²) < 4.78 is 0. The fourth-order valence-corrected chi connectivity index (χ4v) is 5.78. The van der Waals surface area contributed by atoms with Gasteiger partial charge in [0.1, 0.15) is 0 Å². The molecule has 3 heteroatoms. The molecule has 15 heavy (non-hydrogen) atoms. The molecule has 0 unspecified atom stereocenters. The van der Waals surface area contributed by atoms with Gasteiger partial charge in [-0.15, -0.1) is 0 Å². The molecule has 0 rings (SSSR count). The number of rotatable bonds is 9. The van der Waals surface area contributed by atoms with E-state index in [1.165, 1.54) is 37.5 Å². The van der Waals surface area contributed by atoms with Gasteiger partial charge in [-0.05, 0) is 0 Å². The predicted octanol–water partition coefficient (Wildman–Crippen LogP) is 4.31. The summed E-state index contributed by atoms with van der Waals surface area (Å²) >= 11 is 6.95. The predicted molar refractivity (Wildman–Crippen MR) is 74.8 cm³/mol. The first-order valence-electron chi connectivity index (χ1n) is 6.37. The minimum atomic E-state index is -1.84. The Morgan fingerprint density at radius 1 is 0.867 bits per heavy atom. The Kier molecular flexibility index (Phi) is 7.41. The van der Waals surface area contributed by atoms with E-state index in [1.807, 2.05) is 0 Å². The first kappa shape index (κ1) is 15.7. The molecule has 94 valence electrons. The first-order valence-corrected chi connectivity index (χ1v) is 10.3. The number of unbranched alkanes of at least 4 members (excludes halogenated alkanes) is 3. The summed E-state index contributed by atoms with van der Waals surface area (Å²) in [5.74, 6) is -1.84. The second-order valence-corrected chi connectivity index (χ2v) is 13.5. The van der Waals surface area contributed by atoms with E-state index in [1.54, 1.807) is 0 Å². The molecule has 0 saturated carbocycles. The molecule has 0 fully saturated rings. The monoisotopic (exact) mass is 254 g/mol. The van der Waals surface area contributed by atoms with Crippen molar-refractivity contribution in [3.8, 4) is 0 Å². The second kappa shape index (κ2) is 7.09. The molecule has 0 aromatic heterocycles. The Bertz CT molecular complexity index is 158. The fourth-order valence-electron chi connectivity index (χ4n) is 2.12. The van der Waals surface area contributed by atoms with Crippen LogP contribution in [0.5, 0.6) is 0 Å². The molecule has 0 amide bonds. The van der Waals surface area contributed by atoms with Crippen LogP contribution in [0.2, 0.25) is 0 Å². The Morgan fingerprint density at radius 3 is 1.73 bits per heavy atom. The molecule has 0 aromatic carbocycles. The molecule has 0 bridgehead atoms. The summed E-state index contributed by atoms with van der Waals surface area (Å²) in [7, 11) is 0. The Hall–Kier alpha value is 0.680. The molecule has 0 heterocycles. The zero-order valence-corrected chi connectivity index (χ0v) is 12.3. The van der Waals surface area contributed by atoms with E-state index in [2.05, 4.69) is 20.8 Å². The average Bonchev–Trinajstić information content (AvgIpc) is 2.29. The Morgan fingerprint density at radius 2 is 1.33 bits per heavy atom. The van der Waals surface area contributed by atoms with Crippen LogP contribution < -0.4 is 0 Å². The molecular formula is C12H28ClOP. The van der Waals surface area contributed by atoms with Crippen LogP contribution in [-0.2, 0) is 0 Å².